The van der Waals surface area contributed by atoms with E-state index in [-0.39, 0.29) is 12.5 Å². The maximum Gasteiger partial charge on any atom is 0.260 e. The number of methoxy groups -OCH3 is 1. The number of nitrogens with zero attached hydrogens (tertiary/aromatic N) is 7. The van der Waals surface area contributed by atoms with Crippen molar-refractivity contribution in [2.75, 3.05) is 44.8 Å². The second-order valence-corrected chi connectivity index (χ2v) is 8.95. The molecule has 1 amide bonds. The topological polar surface area (TPSA) is 98.5 Å². The van der Waals surface area contributed by atoms with Crippen LogP contribution in [0.15, 0.2) is 54.9 Å². The highest BCUT2D eigenvalue weighted by molar-refractivity contribution is 5.84. The van der Waals surface area contributed by atoms with Gasteiger partial charge in [0.25, 0.3) is 5.91 Å². The van der Waals surface area contributed by atoms with Crippen LogP contribution in [0.2, 0.25) is 0 Å². The number of hydrogen-bond donors (Lipinski definition) is 0. The predicted octanol–water partition coefficient (Wildman–Crippen LogP) is 3.07. The number of carbonyl (C=O) groups is 1. The smallest absolute Gasteiger partial charge is 0.260 e. The van der Waals surface area contributed by atoms with Crippen molar-refractivity contribution in [3.63, 3.8) is 0 Å². The van der Waals surface area contributed by atoms with Gasteiger partial charge >= 0.3 is 0 Å². The van der Waals surface area contributed by atoms with Gasteiger partial charge in [-0.2, -0.15) is 4.68 Å². The van der Waals surface area contributed by atoms with Crippen molar-refractivity contribution in [3.8, 4) is 17.2 Å². The normalized spacial score (nSPS) is 13.9. The number of aromatic nitrogens is 5. The summed E-state index contributed by atoms with van der Waals surface area (Å²) >= 11 is 0. The molecule has 5 rings (SSSR count). The summed E-state index contributed by atoms with van der Waals surface area (Å²) in [5.41, 5.74) is 3.33. The molecule has 186 valence electrons. The van der Waals surface area contributed by atoms with Crippen LogP contribution >= 0.6 is 0 Å². The number of amides is 1. The lowest BCUT2D eigenvalue weighted by molar-refractivity contribution is -0.133. The Morgan fingerprint density at radius 3 is 2.31 bits per heavy atom. The third kappa shape index (κ3) is 4.79. The Bertz CT molecular complexity index is 1330. The molecule has 0 saturated carbocycles. The number of rotatable bonds is 7. The second kappa shape index (κ2) is 10.2. The van der Waals surface area contributed by atoms with E-state index < -0.39 is 0 Å². The molecule has 0 radical (unpaired) electrons. The van der Waals surface area contributed by atoms with Gasteiger partial charge in [0.15, 0.2) is 23.6 Å². The first-order valence-corrected chi connectivity index (χ1v) is 12.0. The van der Waals surface area contributed by atoms with Crippen molar-refractivity contribution in [3.05, 3.63) is 60.4 Å². The van der Waals surface area contributed by atoms with Crippen LogP contribution in [-0.4, -0.2) is 75.7 Å². The maximum atomic E-state index is 12.7. The lowest BCUT2D eigenvalue weighted by atomic mass is 10.0. The molecule has 3 heterocycles. The molecule has 0 N–H and O–H groups in total. The van der Waals surface area contributed by atoms with Gasteiger partial charge in [-0.05, 0) is 47.9 Å². The Morgan fingerprint density at radius 2 is 1.64 bits per heavy atom. The number of piperazine rings is 1. The summed E-state index contributed by atoms with van der Waals surface area (Å²) in [6.07, 6.45) is 1.52. The van der Waals surface area contributed by atoms with Crippen molar-refractivity contribution < 1.29 is 14.3 Å². The Labute approximate surface area is 209 Å². The van der Waals surface area contributed by atoms with Gasteiger partial charge < -0.3 is 19.3 Å². The number of ether oxygens (including phenoxy) is 2. The highest BCUT2D eigenvalue weighted by Crippen LogP contribution is 2.24. The average molecular weight is 488 g/mol. The Morgan fingerprint density at radius 1 is 0.944 bits per heavy atom. The summed E-state index contributed by atoms with van der Waals surface area (Å²) in [6.45, 7) is 6.74. The second-order valence-electron chi connectivity index (χ2n) is 8.95. The fraction of sp³-hybridized carbons (Fsp3) is 0.346. The van der Waals surface area contributed by atoms with Gasteiger partial charge in [-0.15, -0.1) is 5.10 Å². The molecule has 2 aromatic carbocycles. The Hall–Kier alpha value is -4.21. The minimum atomic E-state index is -0.0270. The van der Waals surface area contributed by atoms with Gasteiger partial charge in [-0.25, -0.2) is 9.97 Å². The van der Waals surface area contributed by atoms with Gasteiger partial charge in [0.05, 0.1) is 12.8 Å². The first-order valence-electron chi connectivity index (χ1n) is 12.0. The molecule has 0 unspecified atom stereocenters. The highest BCUT2D eigenvalue weighted by Gasteiger charge is 2.25. The van der Waals surface area contributed by atoms with E-state index in [1.807, 2.05) is 53.4 Å². The molecule has 1 fully saturated rings. The summed E-state index contributed by atoms with van der Waals surface area (Å²) in [5, 5.41) is 8.66. The predicted molar refractivity (Wildman–Crippen MR) is 136 cm³/mol. The van der Waals surface area contributed by atoms with Crippen LogP contribution in [0.5, 0.6) is 11.5 Å². The Kier molecular flexibility index (Phi) is 6.66. The molecule has 0 atom stereocenters. The van der Waals surface area contributed by atoms with Crippen molar-refractivity contribution >= 4 is 22.9 Å². The largest absolute Gasteiger partial charge is 0.497 e. The lowest BCUT2D eigenvalue weighted by Crippen LogP contribution is -2.50. The summed E-state index contributed by atoms with van der Waals surface area (Å²) in [7, 11) is 1.63. The van der Waals surface area contributed by atoms with E-state index >= 15 is 0 Å². The number of carbonyl (C=O) groups excluding carboxylic acids is 1. The summed E-state index contributed by atoms with van der Waals surface area (Å²) in [6, 6.07) is 15.4. The van der Waals surface area contributed by atoms with Gasteiger partial charge in [-0.3, -0.25) is 4.79 Å². The van der Waals surface area contributed by atoms with E-state index in [0.717, 1.165) is 11.4 Å². The van der Waals surface area contributed by atoms with Crippen LogP contribution in [0.4, 0.5) is 5.82 Å². The monoisotopic (exact) mass is 487 g/mol. The van der Waals surface area contributed by atoms with Crippen molar-refractivity contribution in [1.82, 2.24) is 29.9 Å². The maximum absolute atomic E-state index is 12.7. The molecule has 0 aliphatic carbocycles. The minimum Gasteiger partial charge on any atom is -0.497 e. The van der Waals surface area contributed by atoms with Crippen LogP contribution < -0.4 is 14.4 Å². The molecular formula is C26H29N7O3. The lowest BCUT2D eigenvalue weighted by Gasteiger charge is -2.35. The zero-order valence-corrected chi connectivity index (χ0v) is 20.7. The van der Waals surface area contributed by atoms with Gasteiger partial charge in [0.1, 0.15) is 17.8 Å². The standard InChI is InChI=1S/C26H29N7O3/c1-18(2)19-4-8-22(9-5-19)36-16-23(34)31-12-14-32(15-13-31)25-24-26(28-17-27-25)33(30-29-24)20-6-10-21(35-3)11-7-20/h4-11,17-18H,12-16H2,1-3H3. The van der Waals surface area contributed by atoms with E-state index in [1.165, 1.54) is 11.9 Å². The minimum absolute atomic E-state index is 0.0228. The van der Waals surface area contributed by atoms with Crippen molar-refractivity contribution in [2.24, 2.45) is 0 Å². The van der Waals surface area contributed by atoms with Crippen LogP contribution in [-0.2, 0) is 4.79 Å². The van der Waals surface area contributed by atoms with E-state index in [4.69, 9.17) is 9.47 Å². The van der Waals surface area contributed by atoms with E-state index in [2.05, 4.69) is 39.0 Å². The van der Waals surface area contributed by atoms with E-state index in [0.29, 0.717) is 54.8 Å². The third-order valence-electron chi connectivity index (χ3n) is 6.38. The molecule has 0 bridgehead atoms. The average Bonchev–Trinajstić information content (AvgIpc) is 3.36. The zero-order chi connectivity index (χ0) is 25.1. The molecule has 36 heavy (non-hydrogen) atoms. The van der Waals surface area contributed by atoms with Crippen molar-refractivity contribution in [1.29, 1.82) is 0 Å². The molecule has 1 saturated heterocycles. The Balaban J connectivity index is 1.22. The number of hydrogen-bond acceptors (Lipinski definition) is 8. The highest BCUT2D eigenvalue weighted by atomic mass is 16.5. The fourth-order valence-corrected chi connectivity index (χ4v) is 4.22. The first kappa shape index (κ1) is 23.5. The van der Waals surface area contributed by atoms with Crippen LogP contribution in [0.3, 0.4) is 0 Å². The molecule has 1 aliphatic rings. The molecule has 10 nitrogen and oxygen atoms in total. The molecule has 10 heteroatoms. The summed E-state index contributed by atoms with van der Waals surface area (Å²) < 4.78 is 12.6. The number of fused-ring (bicyclic) bond motifs is 1. The van der Waals surface area contributed by atoms with Crippen molar-refractivity contribution in [2.45, 2.75) is 19.8 Å². The number of anilines is 1. The number of benzene rings is 2. The van der Waals surface area contributed by atoms with Gasteiger partial charge in [-0.1, -0.05) is 31.2 Å². The van der Waals surface area contributed by atoms with E-state index in [1.54, 1.807) is 11.8 Å². The van der Waals surface area contributed by atoms with Gasteiger partial charge in [0, 0.05) is 26.2 Å². The molecule has 1 aliphatic heterocycles. The van der Waals surface area contributed by atoms with Crippen LogP contribution in [0.1, 0.15) is 25.3 Å². The molecule has 4 aromatic rings. The third-order valence-corrected chi connectivity index (χ3v) is 6.38. The molecule has 0 spiro atoms. The quantitative estimate of drug-likeness (QED) is 0.392. The first-order chi connectivity index (χ1) is 17.5. The zero-order valence-electron chi connectivity index (χ0n) is 20.7. The SMILES string of the molecule is COc1ccc(-n2nnc3c(N4CCN(C(=O)COc5ccc(C(C)C)cc5)CC4)ncnc32)cc1. The molecule has 2 aromatic heterocycles. The van der Waals surface area contributed by atoms with Crippen LogP contribution in [0, 0.1) is 0 Å². The van der Waals surface area contributed by atoms with Gasteiger partial charge in [0.2, 0.25) is 0 Å². The summed E-state index contributed by atoms with van der Waals surface area (Å²) in [4.78, 5) is 25.6. The summed E-state index contributed by atoms with van der Waals surface area (Å²) in [5.74, 6) is 2.62. The molecular weight excluding hydrogens is 458 g/mol. The fourth-order valence-electron chi connectivity index (χ4n) is 4.22. The van der Waals surface area contributed by atoms with Crippen LogP contribution in [0.25, 0.3) is 16.9 Å². The van der Waals surface area contributed by atoms with E-state index in [9.17, 15) is 4.79 Å².